The number of nitriles is 1. The number of imidazole rings is 1. The molecule has 88 valence electrons. The van der Waals surface area contributed by atoms with E-state index in [0.717, 1.165) is 31.0 Å². The van der Waals surface area contributed by atoms with Gasteiger partial charge in [-0.05, 0) is 18.7 Å². The average Bonchev–Trinajstić information content (AvgIpc) is 2.76. The third kappa shape index (κ3) is 2.83. The Morgan fingerprint density at radius 1 is 1.47 bits per heavy atom. The van der Waals surface area contributed by atoms with E-state index < -0.39 is 0 Å². The van der Waals surface area contributed by atoms with Crippen molar-refractivity contribution in [3.63, 3.8) is 0 Å². The Balaban J connectivity index is 2.09. The van der Waals surface area contributed by atoms with Gasteiger partial charge in [-0.1, -0.05) is 13.0 Å². The third-order valence-electron chi connectivity index (χ3n) is 2.79. The van der Waals surface area contributed by atoms with Crippen LogP contribution < -0.4 is 0 Å². The Bertz CT molecular complexity index is 490. The minimum atomic E-state index is 0.571. The fraction of sp³-hybridized carbons (Fsp3) is 0.385. The highest BCUT2D eigenvalue weighted by Gasteiger charge is 2.06. The van der Waals surface area contributed by atoms with Crippen molar-refractivity contribution in [3.8, 4) is 6.07 Å². The summed E-state index contributed by atoms with van der Waals surface area (Å²) in [4.78, 5) is 6.77. The van der Waals surface area contributed by atoms with Crippen molar-refractivity contribution in [3.05, 3.63) is 36.3 Å². The molecule has 0 saturated carbocycles. The van der Waals surface area contributed by atoms with Crippen LogP contribution in [0.2, 0.25) is 0 Å². The van der Waals surface area contributed by atoms with Crippen molar-refractivity contribution in [1.29, 1.82) is 5.26 Å². The summed E-state index contributed by atoms with van der Waals surface area (Å²) < 4.78 is 2.02. The first-order valence-electron chi connectivity index (χ1n) is 5.85. The second kappa shape index (κ2) is 5.46. The largest absolute Gasteiger partial charge is 0.307 e. The molecule has 0 amide bonds. The molecule has 0 saturated heterocycles. The van der Waals surface area contributed by atoms with Crippen LogP contribution in [-0.4, -0.2) is 27.4 Å². The standard InChI is InChI=1S/C13H16N4/c1-2-16(8-5-7-14)10-12-11-17-9-4-3-6-13(17)15-12/h3-4,6,9,11H,2,5,8,10H2,1H3. The zero-order valence-electron chi connectivity index (χ0n) is 10.0. The van der Waals surface area contributed by atoms with Gasteiger partial charge in [-0.15, -0.1) is 0 Å². The summed E-state index contributed by atoms with van der Waals surface area (Å²) in [5.74, 6) is 0. The lowest BCUT2D eigenvalue weighted by molar-refractivity contribution is 0.284. The van der Waals surface area contributed by atoms with Gasteiger partial charge >= 0.3 is 0 Å². The Morgan fingerprint density at radius 3 is 3.06 bits per heavy atom. The number of fused-ring (bicyclic) bond motifs is 1. The van der Waals surface area contributed by atoms with Gasteiger partial charge in [-0.3, -0.25) is 4.90 Å². The number of nitrogens with zero attached hydrogens (tertiary/aromatic N) is 4. The van der Waals surface area contributed by atoms with Crippen LogP contribution in [0.1, 0.15) is 19.0 Å². The zero-order valence-corrected chi connectivity index (χ0v) is 10.0. The molecule has 0 N–H and O–H groups in total. The van der Waals surface area contributed by atoms with Crippen molar-refractivity contribution in [2.24, 2.45) is 0 Å². The topological polar surface area (TPSA) is 44.3 Å². The zero-order chi connectivity index (χ0) is 12.1. The van der Waals surface area contributed by atoms with E-state index in [1.165, 1.54) is 0 Å². The van der Waals surface area contributed by atoms with E-state index in [0.29, 0.717) is 6.42 Å². The summed E-state index contributed by atoms with van der Waals surface area (Å²) in [6.45, 7) is 4.66. The quantitative estimate of drug-likeness (QED) is 0.787. The molecule has 0 radical (unpaired) electrons. The van der Waals surface area contributed by atoms with E-state index in [1.807, 2.05) is 35.0 Å². The lowest BCUT2D eigenvalue weighted by Crippen LogP contribution is -2.23. The van der Waals surface area contributed by atoms with Gasteiger partial charge in [0.1, 0.15) is 5.65 Å². The molecule has 17 heavy (non-hydrogen) atoms. The SMILES string of the molecule is CCN(CCC#N)Cc1cn2ccccc2n1. The molecule has 0 aromatic carbocycles. The van der Waals surface area contributed by atoms with E-state index in [4.69, 9.17) is 5.26 Å². The first-order valence-corrected chi connectivity index (χ1v) is 5.85. The smallest absolute Gasteiger partial charge is 0.137 e. The average molecular weight is 228 g/mol. The molecule has 0 bridgehead atoms. The van der Waals surface area contributed by atoms with Crippen LogP contribution in [0.25, 0.3) is 5.65 Å². The predicted octanol–water partition coefficient (Wildman–Crippen LogP) is 2.07. The molecular formula is C13H16N4. The number of pyridine rings is 1. The minimum absolute atomic E-state index is 0.571. The number of aromatic nitrogens is 2. The molecule has 2 aromatic rings. The highest BCUT2D eigenvalue weighted by Crippen LogP contribution is 2.07. The van der Waals surface area contributed by atoms with Gasteiger partial charge in [0.15, 0.2) is 0 Å². The first-order chi connectivity index (χ1) is 8.33. The van der Waals surface area contributed by atoms with Gasteiger partial charge in [0.2, 0.25) is 0 Å². The second-order valence-corrected chi connectivity index (χ2v) is 3.98. The summed E-state index contributed by atoms with van der Waals surface area (Å²) in [6.07, 6.45) is 4.61. The number of hydrogen-bond donors (Lipinski definition) is 0. The van der Waals surface area contributed by atoms with Crippen molar-refractivity contribution in [1.82, 2.24) is 14.3 Å². The third-order valence-corrected chi connectivity index (χ3v) is 2.79. The Morgan fingerprint density at radius 2 is 2.35 bits per heavy atom. The molecule has 0 aliphatic carbocycles. The van der Waals surface area contributed by atoms with Crippen LogP contribution >= 0.6 is 0 Å². The Kier molecular flexibility index (Phi) is 3.73. The monoisotopic (exact) mass is 228 g/mol. The molecule has 2 aromatic heterocycles. The van der Waals surface area contributed by atoms with Gasteiger partial charge in [0, 0.05) is 31.9 Å². The van der Waals surface area contributed by atoms with E-state index in [9.17, 15) is 0 Å². The fourth-order valence-electron chi connectivity index (χ4n) is 1.85. The van der Waals surface area contributed by atoms with Crippen molar-refractivity contribution >= 4 is 5.65 Å². The summed E-state index contributed by atoms with van der Waals surface area (Å²) in [5, 5.41) is 8.59. The number of rotatable bonds is 5. The van der Waals surface area contributed by atoms with E-state index in [1.54, 1.807) is 0 Å². The van der Waals surface area contributed by atoms with E-state index in [-0.39, 0.29) is 0 Å². The summed E-state index contributed by atoms with van der Waals surface area (Å²) in [5.41, 5.74) is 2.02. The highest BCUT2D eigenvalue weighted by atomic mass is 15.1. The first kappa shape index (κ1) is 11.6. The summed E-state index contributed by atoms with van der Waals surface area (Å²) >= 11 is 0. The molecule has 4 heteroatoms. The van der Waals surface area contributed by atoms with Gasteiger partial charge in [-0.2, -0.15) is 5.26 Å². The lowest BCUT2D eigenvalue weighted by atomic mass is 10.3. The maximum atomic E-state index is 8.59. The van der Waals surface area contributed by atoms with E-state index in [2.05, 4.69) is 22.9 Å². The van der Waals surface area contributed by atoms with Crippen LogP contribution in [0.5, 0.6) is 0 Å². The van der Waals surface area contributed by atoms with Crippen LogP contribution in [0.3, 0.4) is 0 Å². The van der Waals surface area contributed by atoms with Gasteiger partial charge in [0.25, 0.3) is 0 Å². The molecule has 0 unspecified atom stereocenters. The fourth-order valence-corrected chi connectivity index (χ4v) is 1.85. The Hall–Kier alpha value is -1.86. The molecule has 0 spiro atoms. The minimum Gasteiger partial charge on any atom is -0.307 e. The van der Waals surface area contributed by atoms with Gasteiger partial charge in [-0.25, -0.2) is 4.98 Å². The van der Waals surface area contributed by atoms with Crippen molar-refractivity contribution in [2.75, 3.05) is 13.1 Å². The summed E-state index contributed by atoms with van der Waals surface area (Å²) in [6, 6.07) is 8.15. The molecule has 0 fully saturated rings. The highest BCUT2D eigenvalue weighted by molar-refractivity contribution is 5.39. The maximum absolute atomic E-state index is 8.59. The number of hydrogen-bond acceptors (Lipinski definition) is 3. The van der Waals surface area contributed by atoms with Crippen LogP contribution in [-0.2, 0) is 6.54 Å². The molecule has 0 atom stereocenters. The second-order valence-electron chi connectivity index (χ2n) is 3.98. The lowest BCUT2D eigenvalue weighted by Gasteiger charge is -2.16. The normalized spacial score (nSPS) is 10.9. The molecule has 0 aliphatic rings. The molecular weight excluding hydrogens is 212 g/mol. The maximum Gasteiger partial charge on any atom is 0.137 e. The summed E-state index contributed by atoms with van der Waals surface area (Å²) in [7, 11) is 0. The van der Waals surface area contributed by atoms with Crippen LogP contribution in [0, 0.1) is 11.3 Å². The van der Waals surface area contributed by atoms with Crippen LogP contribution in [0.4, 0.5) is 0 Å². The van der Waals surface area contributed by atoms with Crippen LogP contribution in [0.15, 0.2) is 30.6 Å². The van der Waals surface area contributed by atoms with Crippen molar-refractivity contribution in [2.45, 2.75) is 19.9 Å². The molecule has 2 heterocycles. The molecule has 4 nitrogen and oxygen atoms in total. The molecule has 2 rings (SSSR count). The Labute approximate surface area is 101 Å². The van der Waals surface area contributed by atoms with E-state index >= 15 is 0 Å². The van der Waals surface area contributed by atoms with Gasteiger partial charge < -0.3 is 4.40 Å². The predicted molar refractivity (Wildman–Crippen MR) is 66.4 cm³/mol. The van der Waals surface area contributed by atoms with Crippen molar-refractivity contribution < 1.29 is 0 Å². The molecule has 0 aliphatic heterocycles. The van der Waals surface area contributed by atoms with Gasteiger partial charge in [0.05, 0.1) is 11.8 Å².